The van der Waals surface area contributed by atoms with Crippen molar-refractivity contribution in [1.82, 2.24) is 0 Å². The lowest BCUT2D eigenvalue weighted by Crippen LogP contribution is -2.71. The predicted octanol–water partition coefficient (Wildman–Crippen LogP) is 6.79. The third-order valence-electron chi connectivity index (χ3n) is 6.06. The van der Waals surface area contributed by atoms with Gasteiger partial charge >= 0.3 is 0 Å². The van der Waals surface area contributed by atoms with Crippen LogP contribution in [0.4, 0.5) is 0 Å². The van der Waals surface area contributed by atoms with Gasteiger partial charge in [0.05, 0.1) is 26.4 Å². The number of fused-ring (bicyclic) bond motifs is 2. The number of halogens is 3. The molecule has 3 aliphatic rings. The third kappa shape index (κ3) is 6.62. The molecule has 0 saturated carbocycles. The summed E-state index contributed by atoms with van der Waals surface area (Å²) in [5.74, 6) is 0. The summed E-state index contributed by atoms with van der Waals surface area (Å²) in [7, 11) is 0. The largest absolute Gasteiger partial charge is 0.374 e. The van der Waals surface area contributed by atoms with Crippen LogP contribution < -0.4 is 0 Å². The maximum atomic E-state index is 6.35. The summed E-state index contributed by atoms with van der Waals surface area (Å²) in [6.07, 6.45) is -1.35. The molecule has 0 aromatic heterocycles. The molecule has 2 bridgehead atoms. The van der Waals surface area contributed by atoms with Gasteiger partial charge in [-0.1, -0.05) is 84.2 Å². The van der Waals surface area contributed by atoms with E-state index in [0.29, 0.717) is 26.4 Å². The quantitative estimate of drug-likeness (QED) is 0.238. The van der Waals surface area contributed by atoms with E-state index in [0.717, 1.165) is 30.1 Å². The third-order valence-corrected chi connectivity index (χ3v) is 7.64. The first-order valence-electron chi connectivity index (χ1n) is 11.4. The lowest BCUT2D eigenvalue weighted by atomic mass is 9.93. The van der Waals surface area contributed by atoms with E-state index < -0.39 is 6.29 Å². The van der Waals surface area contributed by atoms with E-state index in [1.807, 2.05) is 72.8 Å². The first-order valence-corrected chi connectivity index (χ1v) is 13.8. The Morgan fingerprint density at radius 3 is 1.54 bits per heavy atom. The maximum Gasteiger partial charge on any atom is 0.187 e. The predicted molar refractivity (Wildman–Crippen MR) is 143 cm³/mol. The highest BCUT2D eigenvalue weighted by Gasteiger charge is 2.57. The fourth-order valence-corrected chi connectivity index (χ4v) is 4.93. The van der Waals surface area contributed by atoms with Crippen LogP contribution in [0.25, 0.3) is 0 Å². The number of ether oxygens (including phenoxy) is 5. The van der Waals surface area contributed by atoms with Crippen LogP contribution in [-0.4, -0.2) is 37.3 Å². The van der Waals surface area contributed by atoms with Crippen molar-refractivity contribution in [2.75, 3.05) is 6.61 Å². The van der Waals surface area contributed by atoms with E-state index in [4.69, 9.17) is 23.7 Å². The Morgan fingerprint density at radius 1 is 0.571 bits per heavy atom. The molecule has 8 heteroatoms. The second-order valence-electron chi connectivity index (χ2n) is 8.59. The molecule has 3 fully saturated rings. The molecule has 0 amide bonds. The van der Waals surface area contributed by atoms with Crippen LogP contribution in [0.2, 0.25) is 0 Å². The Labute approximate surface area is 230 Å². The molecule has 0 unspecified atom stereocenters. The lowest BCUT2D eigenvalue weighted by molar-refractivity contribution is -0.421. The van der Waals surface area contributed by atoms with Gasteiger partial charge in [-0.05, 0) is 53.1 Å². The summed E-state index contributed by atoms with van der Waals surface area (Å²) < 4.78 is 33.9. The topological polar surface area (TPSA) is 46.2 Å². The second-order valence-corrected chi connectivity index (χ2v) is 11.3. The van der Waals surface area contributed by atoms with Crippen molar-refractivity contribution < 1.29 is 23.7 Å². The minimum atomic E-state index is -0.413. The number of rotatable bonds is 10. The van der Waals surface area contributed by atoms with E-state index in [-0.39, 0.29) is 24.4 Å². The van der Waals surface area contributed by atoms with E-state index >= 15 is 0 Å². The standard InChI is InChI=1S/C27H25Br3O5/c28-20-7-1-17(2-8-20)13-31-16-23-24(32-14-18-3-9-21(29)10-4-18)25-26(27(34-23)35-25)33-15-19-5-11-22(30)12-6-19/h1-12,23-27H,13-16H2/t23-,24-,25+,26-,27+/m1/s1. The zero-order valence-corrected chi connectivity index (χ0v) is 23.6. The number of benzene rings is 3. The van der Waals surface area contributed by atoms with Crippen LogP contribution in [0.15, 0.2) is 86.2 Å². The summed E-state index contributed by atoms with van der Waals surface area (Å²) >= 11 is 10.4. The van der Waals surface area contributed by atoms with Crippen LogP contribution in [0.3, 0.4) is 0 Å². The van der Waals surface area contributed by atoms with Gasteiger partial charge in [0, 0.05) is 13.4 Å². The summed E-state index contributed by atoms with van der Waals surface area (Å²) in [6.45, 7) is 1.86. The minimum absolute atomic E-state index is 0.184. The second kappa shape index (κ2) is 12.0. The van der Waals surface area contributed by atoms with Gasteiger partial charge in [0.15, 0.2) is 6.29 Å². The highest BCUT2D eigenvalue weighted by molar-refractivity contribution is 9.11. The first-order chi connectivity index (χ1) is 17.0. The lowest BCUT2D eigenvalue weighted by Gasteiger charge is -2.54. The molecule has 5 nitrogen and oxygen atoms in total. The van der Waals surface area contributed by atoms with Gasteiger partial charge in [-0.2, -0.15) is 0 Å². The molecular formula is C27H25Br3O5. The van der Waals surface area contributed by atoms with Crippen molar-refractivity contribution in [3.05, 3.63) is 103 Å². The van der Waals surface area contributed by atoms with Gasteiger partial charge in [-0.3, -0.25) is 0 Å². The first kappa shape index (κ1) is 25.5. The van der Waals surface area contributed by atoms with Crippen molar-refractivity contribution in [3.63, 3.8) is 0 Å². The SMILES string of the molecule is Brc1ccc(COC[C@H]2O[C@H]3O[C@H]([C@H]3OCc3ccc(Br)cc3)[C@@H]2OCc2ccc(Br)cc2)cc1. The number of hydrogen-bond donors (Lipinski definition) is 0. The molecule has 3 aromatic rings. The van der Waals surface area contributed by atoms with Crippen LogP contribution in [0.5, 0.6) is 0 Å². The van der Waals surface area contributed by atoms with Crippen molar-refractivity contribution in [2.24, 2.45) is 0 Å². The minimum Gasteiger partial charge on any atom is -0.374 e. The van der Waals surface area contributed by atoms with Crippen LogP contribution in [-0.2, 0) is 43.5 Å². The summed E-state index contributed by atoms with van der Waals surface area (Å²) in [5, 5.41) is 0. The summed E-state index contributed by atoms with van der Waals surface area (Å²) in [4.78, 5) is 0. The average molecular weight is 669 g/mol. The molecule has 184 valence electrons. The highest BCUT2D eigenvalue weighted by atomic mass is 79.9. The molecule has 3 aliphatic heterocycles. The Kier molecular flexibility index (Phi) is 8.73. The molecule has 35 heavy (non-hydrogen) atoms. The van der Waals surface area contributed by atoms with Crippen molar-refractivity contribution in [1.29, 1.82) is 0 Å². The summed E-state index contributed by atoms with van der Waals surface area (Å²) in [5.41, 5.74) is 3.28. The van der Waals surface area contributed by atoms with Crippen LogP contribution in [0, 0.1) is 0 Å². The Balaban J connectivity index is 1.21. The van der Waals surface area contributed by atoms with E-state index in [1.165, 1.54) is 0 Å². The molecule has 3 saturated heterocycles. The Bertz CT molecular complexity index is 1090. The zero-order chi connectivity index (χ0) is 24.2. The zero-order valence-electron chi connectivity index (χ0n) is 18.8. The summed E-state index contributed by atoms with van der Waals surface area (Å²) in [6, 6.07) is 24.3. The van der Waals surface area contributed by atoms with Gasteiger partial charge in [-0.25, -0.2) is 0 Å². The maximum absolute atomic E-state index is 6.35. The van der Waals surface area contributed by atoms with Gasteiger partial charge in [0.2, 0.25) is 0 Å². The van der Waals surface area contributed by atoms with E-state index in [2.05, 4.69) is 47.8 Å². The van der Waals surface area contributed by atoms with Crippen LogP contribution in [0.1, 0.15) is 16.7 Å². The smallest absolute Gasteiger partial charge is 0.187 e. The van der Waals surface area contributed by atoms with Crippen LogP contribution >= 0.6 is 47.8 Å². The van der Waals surface area contributed by atoms with E-state index in [1.54, 1.807) is 0 Å². The monoisotopic (exact) mass is 666 g/mol. The molecule has 5 atom stereocenters. The average Bonchev–Trinajstić information content (AvgIpc) is 2.86. The van der Waals surface area contributed by atoms with Crippen molar-refractivity contribution in [3.8, 4) is 0 Å². The molecule has 3 aromatic carbocycles. The normalized spacial score (nSPS) is 25.3. The molecular weight excluding hydrogens is 644 g/mol. The van der Waals surface area contributed by atoms with Gasteiger partial charge in [-0.15, -0.1) is 0 Å². The van der Waals surface area contributed by atoms with Gasteiger partial charge in [0.25, 0.3) is 0 Å². The molecule has 0 radical (unpaired) electrons. The van der Waals surface area contributed by atoms with Crippen molar-refractivity contribution in [2.45, 2.75) is 50.5 Å². The fraction of sp³-hybridized carbons (Fsp3) is 0.333. The van der Waals surface area contributed by atoms with Gasteiger partial charge < -0.3 is 23.7 Å². The molecule has 6 rings (SSSR count). The molecule has 3 heterocycles. The fourth-order valence-electron chi connectivity index (χ4n) is 4.14. The Hall–Kier alpha value is -1.10. The molecule has 0 aliphatic carbocycles. The highest BCUT2D eigenvalue weighted by Crippen LogP contribution is 2.39. The number of hydrogen-bond acceptors (Lipinski definition) is 5. The molecule has 0 N–H and O–H groups in total. The molecule has 0 spiro atoms. The van der Waals surface area contributed by atoms with Crippen molar-refractivity contribution >= 4 is 47.8 Å². The van der Waals surface area contributed by atoms with Gasteiger partial charge in [0.1, 0.15) is 24.4 Å². The van der Waals surface area contributed by atoms with E-state index in [9.17, 15) is 0 Å². The Morgan fingerprint density at radius 2 is 1.03 bits per heavy atom.